The standard InChI is InChI=1S/C30H35N3O5/c1-36-24-8-6-7-22(20-24)29(34)32-23-14-17-33(18-15-23)26-10-5-4-9-25(26)30(35)31-16-13-21-11-12-27(37-2)28(19-21)38-3/h4-12,19-20,23H,13-18H2,1-3H3,(H,31,35)(H,32,34). The Morgan fingerprint density at radius 3 is 2.34 bits per heavy atom. The number of carbonyl (C=O) groups is 2. The number of methoxy groups -OCH3 is 3. The quantitative estimate of drug-likeness (QED) is 0.421. The van der Waals surface area contributed by atoms with Crippen molar-refractivity contribution in [2.45, 2.75) is 25.3 Å². The van der Waals surface area contributed by atoms with E-state index in [1.54, 1.807) is 33.5 Å². The fourth-order valence-electron chi connectivity index (χ4n) is 4.69. The molecule has 3 aromatic rings. The van der Waals surface area contributed by atoms with Crippen molar-refractivity contribution < 1.29 is 23.8 Å². The molecular formula is C30H35N3O5. The number of nitrogens with zero attached hydrogens (tertiary/aromatic N) is 1. The first-order chi connectivity index (χ1) is 18.5. The van der Waals surface area contributed by atoms with Crippen LogP contribution < -0.4 is 29.7 Å². The summed E-state index contributed by atoms with van der Waals surface area (Å²) in [6, 6.07) is 20.7. The van der Waals surface area contributed by atoms with Gasteiger partial charge < -0.3 is 29.7 Å². The average Bonchev–Trinajstić information content (AvgIpc) is 2.97. The molecule has 0 bridgehead atoms. The van der Waals surface area contributed by atoms with E-state index in [9.17, 15) is 9.59 Å². The first kappa shape index (κ1) is 26.9. The fourth-order valence-corrected chi connectivity index (χ4v) is 4.69. The summed E-state index contributed by atoms with van der Waals surface area (Å²) < 4.78 is 15.9. The van der Waals surface area contributed by atoms with Gasteiger partial charge in [-0.05, 0) is 67.3 Å². The van der Waals surface area contributed by atoms with Crippen molar-refractivity contribution in [1.82, 2.24) is 10.6 Å². The molecule has 1 aliphatic rings. The summed E-state index contributed by atoms with van der Waals surface area (Å²) in [6.45, 7) is 2.00. The van der Waals surface area contributed by atoms with E-state index in [0.717, 1.165) is 37.2 Å². The van der Waals surface area contributed by atoms with Gasteiger partial charge in [0.05, 0.1) is 26.9 Å². The van der Waals surface area contributed by atoms with Crippen LogP contribution in [0.2, 0.25) is 0 Å². The van der Waals surface area contributed by atoms with Gasteiger partial charge >= 0.3 is 0 Å². The van der Waals surface area contributed by atoms with E-state index >= 15 is 0 Å². The second-order valence-electron chi connectivity index (χ2n) is 9.18. The SMILES string of the molecule is COc1cccc(C(=O)NC2CCN(c3ccccc3C(=O)NCCc3ccc(OC)c(OC)c3)CC2)c1. The number of piperidine rings is 1. The molecule has 8 heteroatoms. The second-order valence-corrected chi connectivity index (χ2v) is 9.18. The van der Waals surface area contributed by atoms with Crippen LogP contribution in [-0.2, 0) is 6.42 Å². The molecule has 38 heavy (non-hydrogen) atoms. The molecule has 0 unspecified atom stereocenters. The predicted octanol–water partition coefficient (Wildman–Crippen LogP) is 4.08. The summed E-state index contributed by atoms with van der Waals surface area (Å²) in [4.78, 5) is 28.0. The highest BCUT2D eigenvalue weighted by atomic mass is 16.5. The van der Waals surface area contributed by atoms with Crippen molar-refractivity contribution >= 4 is 17.5 Å². The summed E-state index contributed by atoms with van der Waals surface area (Å²) in [5, 5.41) is 6.19. The highest BCUT2D eigenvalue weighted by Crippen LogP contribution is 2.28. The highest BCUT2D eigenvalue weighted by Gasteiger charge is 2.24. The van der Waals surface area contributed by atoms with Gasteiger partial charge in [-0.15, -0.1) is 0 Å². The minimum atomic E-state index is -0.102. The zero-order chi connectivity index (χ0) is 26.9. The van der Waals surface area contributed by atoms with Crippen LogP contribution in [0.15, 0.2) is 66.7 Å². The molecule has 0 radical (unpaired) electrons. The molecule has 2 amide bonds. The van der Waals surface area contributed by atoms with Crippen LogP contribution in [0, 0.1) is 0 Å². The minimum Gasteiger partial charge on any atom is -0.497 e. The van der Waals surface area contributed by atoms with Crippen LogP contribution in [0.4, 0.5) is 5.69 Å². The minimum absolute atomic E-state index is 0.0763. The third-order valence-corrected chi connectivity index (χ3v) is 6.80. The molecule has 1 fully saturated rings. The van der Waals surface area contributed by atoms with Gasteiger partial charge in [0.2, 0.25) is 0 Å². The van der Waals surface area contributed by atoms with Crippen molar-refractivity contribution in [3.8, 4) is 17.2 Å². The molecule has 0 spiro atoms. The fraction of sp³-hybridized carbons (Fsp3) is 0.333. The highest BCUT2D eigenvalue weighted by molar-refractivity contribution is 6.00. The van der Waals surface area contributed by atoms with Crippen LogP contribution in [0.25, 0.3) is 0 Å². The third kappa shape index (κ3) is 6.56. The van der Waals surface area contributed by atoms with Crippen molar-refractivity contribution in [2.75, 3.05) is 45.9 Å². The molecule has 200 valence electrons. The van der Waals surface area contributed by atoms with Gasteiger partial charge in [0, 0.05) is 36.9 Å². The summed E-state index contributed by atoms with van der Waals surface area (Å²) in [5.41, 5.74) is 3.20. The molecule has 2 N–H and O–H groups in total. The molecule has 1 aliphatic heterocycles. The van der Waals surface area contributed by atoms with E-state index in [-0.39, 0.29) is 17.9 Å². The lowest BCUT2D eigenvalue weighted by Crippen LogP contribution is -2.45. The molecule has 4 rings (SSSR count). The van der Waals surface area contributed by atoms with Gasteiger partial charge in [0.25, 0.3) is 11.8 Å². The number of rotatable bonds is 10. The van der Waals surface area contributed by atoms with Crippen LogP contribution in [-0.4, -0.2) is 58.8 Å². The van der Waals surface area contributed by atoms with Gasteiger partial charge in [0.1, 0.15) is 5.75 Å². The molecule has 0 aromatic heterocycles. The van der Waals surface area contributed by atoms with Crippen LogP contribution in [0.5, 0.6) is 17.2 Å². The number of ether oxygens (including phenoxy) is 3. The molecule has 3 aromatic carbocycles. The number of hydrogen-bond donors (Lipinski definition) is 2. The van der Waals surface area contributed by atoms with E-state index in [2.05, 4.69) is 15.5 Å². The lowest BCUT2D eigenvalue weighted by atomic mass is 10.0. The molecular weight excluding hydrogens is 482 g/mol. The van der Waals surface area contributed by atoms with Gasteiger partial charge in [0.15, 0.2) is 11.5 Å². The maximum Gasteiger partial charge on any atom is 0.253 e. The van der Waals surface area contributed by atoms with Gasteiger partial charge in [-0.3, -0.25) is 9.59 Å². The van der Waals surface area contributed by atoms with Crippen LogP contribution in [0.3, 0.4) is 0 Å². The topological polar surface area (TPSA) is 89.1 Å². The Bertz CT molecular complexity index is 1250. The largest absolute Gasteiger partial charge is 0.497 e. The number of nitrogens with one attached hydrogen (secondary N) is 2. The first-order valence-corrected chi connectivity index (χ1v) is 12.8. The number of carbonyl (C=O) groups excluding carboxylic acids is 2. The van der Waals surface area contributed by atoms with Crippen LogP contribution >= 0.6 is 0 Å². The molecule has 1 heterocycles. The molecule has 0 saturated carbocycles. The maximum atomic E-state index is 13.1. The molecule has 8 nitrogen and oxygen atoms in total. The van der Waals surface area contributed by atoms with Crippen molar-refractivity contribution in [3.63, 3.8) is 0 Å². The van der Waals surface area contributed by atoms with E-state index < -0.39 is 0 Å². The van der Waals surface area contributed by atoms with Crippen molar-refractivity contribution in [2.24, 2.45) is 0 Å². The number of anilines is 1. The Morgan fingerprint density at radius 1 is 0.842 bits per heavy atom. The summed E-state index contributed by atoms with van der Waals surface area (Å²) in [5.74, 6) is 1.81. The molecule has 0 atom stereocenters. The van der Waals surface area contributed by atoms with E-state index in [4.69, 9.17) is 14.2 Å². The lowest BCUT2D eigenvalue weighted by Gasteiger charge is -2.35. The Kier molecular flexibility index (Phi) is 9.08. The first-order valence-electron chi connectivity index (χ1n) is 12.8. The normalized spacial score (nSPS) is 13.5. The monoisotopic (exact) mass is 517 g/mol. The van der Waals surface area contributed by atoms with E-state index in [0.29, 0.717) is 41.3 Å². The van der Waals surface area contributed by atoms with Gasteiger partial charge in [-0.25, -0.2) is 0 Å². The number of amides is 2. The van der Waals surface area contributed by atoms with E-state index in [1.807, 2.05) is 54.6 Å². The lowest BCUT2D eigenvalue weighted by molar-refractivity contribution is 0.0929. The smallest absolute Gasteiger partial charge is 0.253 e. The maximum absolute atomic E-state index is 13.1. The third-order valence-electron chi connectivity index (χ3n) is 6.80. The average molecular weight is 518 g/mol. The number of para-hydroxylation sites is 1. The zero-order valence-corrected chi connectivity index (χ0v) is 22.2. The summed E-state index contributed by atoms with van der Waals surface area (Å²) in [7, 11) is 4.80. The second kappa shape index (κ2) is 12.9. The van der Waals surface area contributed by atoms with Crippen molar-refractivity contribution in [3.05, 3.63) is 83.4 Å². The number of benzene rings is 3. The van der Waals surface area contributed by atoms with Gasteiger partial charge in [-0.2, -0.15) is 0 Å². The van der Waals surface area contributed by atoms with Gasteiger partial charge in [-0.1, -0.05) is 24.3 Å². The Balaban J connectivity index is 1.31. The van der Waals surface area contributed by atoms with Crippen LogP contribution in [0.1, 0.15) is 39.1 Å². The summed E-state index contributed by atoms with van der Waals surface area (Å²) >= 11 is 0. The zero-order valence-electron chi connectivity index (χ0n) is 22.2. The summed E-state index contributed by atoms with van der Waals surface area (Å²) in [6.07, 6.45) is 2.27. The molecule has 0 aliphatic carbocycles. The number of hydrogen-bond acceptors (Lipinski definition) is 6. The Labute approximate surface area is 223 Å². The molecule has 1 saturated heterocycles. The Morgan fingerprint density at radius 2 is 1.61 bits per heavy atom. The predicted molar refractivity (Wildman–Crippen MR) is 148 cm³/mol. The van der Waals surface area contributed by atoms with Crippen molar-refractivity contribution in [1.29, 1.82) is 0 Å². The van der Waals surface area contributed by atoms with E-state index in [1.165, 1.54) is 0 Å². The Hall–Kier alpha value is -4.20.